The molecule has 0 heterocycles. The number of benzene rings is 2. The molecule has 127 valence electrons. The van der Waals surface area contributed by atoms with Gasteiger partial charge in [0.15, 0.2) is 0 Å². The van der Waals surface area contributed by atoms with Gasteiger partial charge in [0.05, 0.1) is 0 Å². The summed E-state index contributed by atoms with van der Waals surface area (Å²) in [6.45, 7) is 4.44. The molecule has 0 aliphatic heterocycles. The van der Waals surface area contributed by atoms with Gasteiger partial charge in [0.2, 0.25) is 0 Å². The lowest BCUT2D eigenvalue weighted by atomic mass is 9.62. The number of hydrogen-bond donors (Lipinski definition) is 0. The van der Waals surface area contributed by atoms with Crippen LogP contribution in [0.15, 0.2) is 60.7 Å². The lowest BCUT2D eigenvalue weighted by Gasteiger charge is -2.43. The number of hydrogen-bond acceptors (Lipinski definition) is 0. The number of aryl methyl sites for hydroxylation is 1. The van der Waals surface area contributed by atoms with E-state index in [1.807, 2.05) is 0 Å². The fraction of sp³-hybridized carbons (Fsp3) is 0.458. The molecule has 0 heteroatoms. The summed E-state index contributed by atoms with van der Waals surface area (Å²) in [4.78, 5) is 0. The van der Waals surface area contributed by atoms with Gasteiger partial charge in [-0.1, -0.05) is 86.8 Å². The van der Waals surface area contributed by atoms with Gasteiger partial charge in [-0.05, 0) is 61.0 Å². The minimum absolute atomic E-state index is 0.359. The normalized spacial score (nSPS) is 18.2. The van der Waals surface area contributed by atoms with Gasteiger partial charge in [0, 0.05) is 0 Å². The van der Waals surface area contributed by atoms with Crippen LogP contribution in [-0.4, -0.2) is 0 Å². The average Bonchev–Trinajstić information content (AvgIpc) is 2.67. The molecule has 1 aliphatic rings. The Bertz CT molecular complexity index is 580. The standard InChI is InChI=1S/C24H31/c1-2-24(23-16-10-5-11-17-23,20-22-14-8-4-9-15-22)19-18-21-12-6-3-7-13-21/h3-4,6-9,12-15,23H,1-2,5,10-11,16-20H2. The van der Waals surface area contributed by atoms with Crippen LogP contribution in [0.3, 0.4) is 0 Å². The van der Waals surface area contributed by atoms with Gasteiger partial charge < -0.3 is 0 Å². The van der Waals surface area contributed by atoms with Gasteiger partial charge in [-0.2, -0.15) is 0 Å². The highest BCUT2D eigenvalue weighted by Crippen LogP contribution is 2.46. The molecule has 1 saturated carbocycles. The summed E-state index contributed by atoms with van der Waals surface area (Å²) in [5, 5.41) is 0. The van der Waals surface area contributed by atoms with Crippen LogP contribution in [-0.2, 0) is 12.8 Å². The maximum absolute atomic E-state index is 4.44. The topological polar surface area (TPSA) is 0 Å². The van der Waals surface area contributed by atoms with E-state index in [-0.39, 0.29) is 0 Å². The third-order valence-corrected chi connectivity index (χ3v) is 6.12. The first-order valence-electron chi connectivity index (χ1n) is 9.69. The Morgan fingerprint density at radius 1 is 0.792 bits per heavy atom. The quantitative estimate of drug-likeness (QED) is 0.535. The Morgan fingerprint density at radius 2 is 1.38 bits per heavy atom. The molecule has 2 aromatic rings. The monoisotopic (exact) mass is 319 g/mol. The van der Waals surface area contributed by atoms with Crippen molar-refractivity contribution in [2.24, 2.45) is 11.3 Å². The van der Waals surface area contributed by atoms with Crippen LogP contribution in [0.1, 0.15) is 56.1 Å². The van der Waals surface area contributed by atoms with Crippen molar-refractivity contribution in [3.8, 4) is 0 Å². The second-order valence-electron chi connectivity index (χ2n) is 7.60. The Kier molecular flexibility index (Phi) is 6.12. The first kappa shape index (κ1) is 17.3. The molecule has 1 aliphatic carbocycles. The summed E-state index contributed by atoms with van der Waals surface area (Å²) < 4.78 is 0. The molecule has 0 aromatic heterocycles. The summed E-state index contributed by atoms with van der Waals surface area (Å²) in [7, 11) is 0. The molecule has 0 spiro atoms. The van der Waals surface area contributed by atoms with E-state index in [4.69, 9.17) is 0 Å². The van der Waals surface area contributed by atoms with Crippen LogP contribution in [0, 0.1) is 18.3 Å². The molecule has 2 aromatic carbocycles. The van der Waals surface area contributed by atoms with Gasteiger partial charge >= 0.3 is 0 Å². The van der Waals surface area contributed by atoms with E-state index in [1.54, 1.807) is 0 Å². The third-order valence-electron chi connectivity index (χ3n) is 6.12. The van der Waals surface area contributed by atoms with Gasteiger partial charge in [0.1, 0.15) is 0 Å². The minimum atomic E-state index is 0.359. The summed E-state index contributed by atoms with van der Waals surface area (Å²) in [5.41, 5.74) is 3.32. The van der Waals surface area contributed by atoms with Crippen LogP contribution in [0.25, 0.3) is 0 Å². The Hall–Kier alpha value is -1.56. The van der Waals surface area contributed by atoms with Gasteiger partial charge in [-0.25, -0.2) is 0 Å². The van der Waals surface area contributed by atoms with Gasteiger partial charge in [-0.15, -0.1) is 0 Å². The van der Waals surface area contributed by atoms with E-state index in [0.29, 0.717) is 5.41 Å². The van der Waals surface area contributed by atoms with Crippen LogP contribution >= 0.6 is 0 Å². The average molecular weight is 320 g/mol. The maximum atomic E-state index is 4.44. The van der Waals surface area contributed by atoms with E-state index in [0.717, 1.165) is 12.3 Å². The highest BCUT2D eigenvalue weighted by atomic mass is 14.4. The zero-order chi connectivity index (χ0) is 16.7. The largest absolute Gasteiger partial charge is 0.0622 e. The van der Waals surface area contributed by atoms with Crippen molar-refractivity contribution in [1.82, 2.24) is 0 Å². The fourth-order valence-corrected chi connectivity index (χ4v) is 4.61. The first-order chi connectivity index (χ1) is 11.8. The summed E-state index contributed by atoms with van der Waals surface area (Å²) in [6, 6.07) is 22.1. The molecule has 1 unspecified atom stereocenters. The van der Waals surface area contributed by atoms with Crippen molar-refractivity contribution in [3.63, 3.8) is 0 Å². The van der Waals surface area contributed by atoms with Crippen molar-refractivity contribution < 1.29 is 0 Å². The third kappa shape index (κ3) is 4.29. The minimum Gasteiger partial charge on any atom is -0.0622 e. The zero-order valence-electron chi connectivity index (χ0n) is 14.9. The SMILES string of the molecule is [CH2]CC(CCc1ccccc1)(Cc1ccccc1)C1CCCCC1. The molecule has 0 bridgehead atoms. The molecular weight excluding hydrogens is 288 g/mol. The zero-order valence-corrected chi connectivity index (χ0v) is 14.9. The second kappa shape index (κ2) is 8.51. The fourth-order valence-electron chi connectivity index (χ4n) is 4.61. The molecule has 1 fully saturated rings. The second-order valence-corrected chi connectivity index (χ2v) is 7.60. The van der Waals surface area contributed by atoms with E-state index in [2.05, 4.69) is 67.6 Å². The predicted molar refractivity (Wildman–Crippen MR) is 104 cm³/mol. The lowest BCUT2D eigenvalue weighted by Crippen LogP contribution is -2.34. The molecule has 0 saturated heterocycles. The molecule has 1 atom stereocenters. The predicted octanol–water partition coefficient (Wildman–Crippen LogP) is 6.65. The summed E-state index contributed by atoms with van der Waals surface area (Å²) >= 11 is 0. The first-order valence-corrected chi connectivity index (χ1v) is 9.69. The molecule has 24 heavy (non-hydrogen) atoms. The highest BCUT2D eigenvalue weighted by molar-refractivity contribution is 5.19. The molecule has 0 N–H and O–H groups in total. The Labute approximate surface area is 148 Å². The van der Waals surface area contributed by atoms with Crippen molar-refractivity contribution in [2.75, 3.05) is 0 Å². The van der Waals surface area contributed by atoms with Crippen molar-refractivity contribution in [1.29, 1.82) is 0 Å². The van der Waals surface area contributed by atoms with Gasteiger partial charge in [0.25, 0.3) is 0 Å². The van der Waals surface area contributed by atoms with Crippen LogP contribution in [0.4, 0.5) is 0 Å². The van der Waals surface area contributed by atoms with Crippen molar-refractivity contribution in [2.45, 2.75) is 57.8 Å². The Balaban J connectivity index is 1.80. The van der Waals surface area contributed by atoms with Crippen LogP contribution < -0.4 is 0 Å². The van der Waals surface area contributed by atoms with Crippen LogP contribution in [0.2, 0.25) is 0 Å². The highest BCUT2D eigenvalue weighted by Gasteiger charge is 2.37. The van der Waals surface area contributed by atoms with Crippen molar-refractivity contribution >= 4 is 0 Å². The number of rotatable bonds is 7. The summed E-state index contributed by atoms with van der Waals surface area (Å²) in [6.07, 6.45) is 11.7. The van der Waals surface area contributed by atoms with E-state index in [9.17, 15) is 0 Å². The lowest BCUT2D eigenvalue weighted by molar-refractivity contribution is 0.105. The molecular formula is C24H31. The Morgan fingerprint density at radius 3 is 1.96 bits per heavy atom. The van der Waals surface area contributed by atoms with Crippen LogP contribution in [0.5, 0.6) is 0 Å². The molecule has 1 radical (unpaired) electrons. The maximum Gasteiger partial charge on any atom is -0.0219 e. The molecule has 0 amide bonds. The molecule has 3 rings (SSSR count). The van der Waals surface area contributed by atoms with Gasteiger partial charge in [-0.3, -0.25) is 0 Å². The van der Waals surface area contributed by atoms with E-state index in [1.165, 1.54) is 62.5 Å². The smallest absolute Gasteiger partial charge is 0.0219 e. The van der Waals surface area contributed by atoms with E-state index >= 15 is 0 Å². The van der Waals surface area contributed by atoms with E-state index < -0.39 is 0 Å². The summed E-state index contributed by atoms with van der Waals surface area (Å²) in [5.74, 6) is 0.840. The molecule has 0 nitrogen and oxygen atoms in total. The van der Waals surface area contributed by atoms with Crippen molar-refractivity contribution in [3.05, 3.63) is 78.7 Å².